The minimum atomic E-state index is -4.34. The Labute approximate surface area is 119 Å². The zero-order valence-corrected chi connectivity index (χ0v) is 12.0. The maximum Gasteiger partial charge on any atom is 0.441 e. The first kappa shape index (κ1) is 15.5. The molecule has 0 radical (unpaired) electrons. The van der Waals surface area contributed by atoms with Gasteiger partial charge < -0.3 is 5.32 Å². The van der Waals surface area contributed by atoms with Crippen LogP contribution in [0.2, 0.25) is 0 Å². The molecule has 1 aliphatic heterocycles. The maximum atomic E-state index is 11.9. The molecular formula is C11H13F3N2O2S2. The van der Waals surface area contributed by atoms with Crippen LogP contribution in [0.15, 0.2) is 23.1 Å². The van der Waals surface area contributed by atoms with E-state index in [-0.39, 0.29) is 29.0 Å². The zero-order valence-electron chi connectivity index (χ0n) is 10.3. The molecule has 0 spiro atoms. The van der Waals surface area contributed by atoms with Gasteiger partial charge in [0.25, 0.3) is 0 Å². The number of thioether (sulfide) groups is 1. The van der Waals surface area contributed by atoms with E-state index in [1.807, 2.05) is 0 Å². The summed E-state index contributed by atoms with van der Waals surface area (Å²) in [6.07, 6.45) is 0.739. The van der Waals surface area contributed by atoms with E-state index in [2.05, 4.69) is 10.0 Å². The van der Waals surface area contributed by atoms with Crippen molar-refractivity contribution in [3.05, 3.63) is 23.8 Å². The molecule has 1 heterocycles. The number of fused-ring (bicyclic) bond motifs is 1. The number of hydrogen-bond acceptors (Lipinski definition) is 4. The number of rotatable bonds is 5. The Hall–Kier alpha value is -0.930. The summed E-state index contributed by atoms with van der Waals surface area (Å²) in [4.78, 5) is 0.0805. The fraction of sp³-hybridized carbons (Fsp3) is 0.455. The molecule has 4 nitrogen and oxygen atoms in total. The summed E-state index contributed by atoms with van der Waals surface area (Å²) >= 11 is -0.247. The highest BCUT2D eigenvalue weighted by Gasteiger charge is 2.27. The smallest absolute Gasteiger partial charge is 0.384 e. The van der Waals surface area contributed by atoms with Gasteiger partial charge in [-0.2, -0.15) is 13.2 Å². The lowest BCUT2D eigenvalue weighted by Gasteiger charge is -2.09. The number of sulfonamides is 1. The lowest BCUT2D eigenvalue weighted by atomic mass is 10.2. The van der Waals surface area contributed by atoms with Crippen LogP contribution >= 0.6 is 11.8 Å². The van der Waals surface area contributed by atoms with Crippen molar-refractivity contribution in [2.45, 2.75) is 16.8 Å². The quantitative estimate of drug-likeness (QED) is 0.815. The Balaban J connectivity index is 1.97. The molecular weight excluding hydrogens is 313 g/mol. The molecule has 0 amide bonds. The van der Waals surface area contributed by atoms with Crippen molar-refractivity contribution in [1.82, 2.24) is 4.72 Å². The molecule has 20 heavy (non-hydrogen) atoms. The van der Waals surface area contributed by atoms with Gasteiger partial charge in [0.1, 0.15) is 0 Å². The maximum absolute atomic E-state index is 11.9. The monoisotopic (exact) mass is 326 g/mol. The van der Waals surface area contributed by atoms with E-state index in [4.69, 9.17) is 0 Å². The third-order valence-corrected chi connectivity index (χ3v) is 4.95. The molecule has 0 atom stereocenters. The van der Waals surface area contributed by atoms with E-state index in [1.54, 1.807) is 12.1 Å². The molecule has 0 bridgehead atoms. The number of hydrogen-bond donors (Lipinski definition) is 2. The third-order valence-electron chi connectivity index (χ3n) is 2.76. The van der Waals surface area contributed by atoms with E-state index >= 15 is 0 Å². The Morgan fingerprint density at radius 1 is 1.35 bits per heavy atom. The first-order chi connectivity index (χ1) is 9.28. The minimum Gasteiger partial charge on any atom is -0.384 e. The van der Waals surface area contributed by atoms with Crippen molar-refractivity contribution in [1.29, 1.82) is 0 Å². The van der Waals surface area contributed by atoms with Crippen molar-refractivity contribution in [2.24, 2.45) is 0 Å². The normalized spacial score (nSPS) is 14.9. The number of nitrogens with one attached hydrogen (secondary N) is 2. The summed E-state index contributed by atoms with van der Waals surface area (Å²) in [5.74, 6) is -0.352. The van der Waals surface area contributed by atoms with Gasteiger partial charge in [0, 0.05) is 24.5 Å². The molecule has 1 aromatic carbocycles. The van der Waals surface area contributed by atoms with Gasteiger partial charge in [-0.15, -0.1) is 0 Å². The lowest BCUT2D eigenvalue weighted by molar-refractivity contribution is -0.0327. The predicted octanol–water partition coefficient (Wildman–Crippen LogP) is 2.19. The number of halogens is 3. The Morgan fingerprint density at radius 3 is 2.80 bits per heavy atom. The first-order valence-corrected chi connectivity index (χ1v) is 8.32. The van der Waals surface area contributed by atoms with Gasteiger partial charge in [-0.25, -0.2) is 13.1 Å². The number of alkyl halides is 3. The number of benzene rings is 1. The molecule has 0 aromatic heterocycles. The van der Waals surface area contributed by atoms with Gasteiger partial charge in [-0.05, 0) is 41.9 Å². The molecule has 0 unspecified atom stereocenters. The molecule has 0 aliphatic carbocycles. The molecule has 9 heteroatoms. The van der Waals surface area contributed by atoms with Crippen LogP contribution in [0.25, 0.3) is 0 Å². The van der Waals surface area contributed by atoms with Crippen LogP contribution in [0.3, 0.4) is 0 Å². The van der Waals surface area contributed by atoms with Crippen molar-refractivity contribution in [3.8, 4) is 0 Å². The van der Waals surface area contributed by atoms with E-state index < -0.39 is 15.5 Å². The summed E-state index contributed by atoms with van der Waals surface area (Å²) in [6.45, 7) is 0.496. The summed E-state index contributed by atoms with van der Waals surface area (Å²) < 4.78 is 61.8. The molecule has 112 valence electrons. The average molecular weight is 326 g/mol. The summed E-state index contributed by atoms with van der Waals surface area (Å²) in [7, 11) is -3.76. The van der Waals surface area contributed by atoms with Crippen molar-refractivity contribution >= 4 is 27.5 Å². The van der Waals surface area contributed by atoms with Gasteiger partial charge in [-0.1, -0.05) is 0 Å². The fourth-order valence-corrected chi connectivity index (χ4v) is 3.52. The zero-order chi connectivity index (χ0) is 14.8. The van der Waals surface area contributed by atoms with Crippen molar-refractivity contribution in [3.63, 3.8) is 0 Å². The molecule has 0 saturated heterocycles. The van der Waals surface area contributed by atoms with E-state index in [0.717, 1.165) is 24.2 Å². The highest BCUT2D eigenvalue weighted by atomic mass is 32.2. The summed E-state index contributed by atoms with van der Waals surface area (Å²) in [5.41, 5.74) is -2.54. The topological polar surface area (TPSA) is 58.2 Å². The van der Waals surface area contributed by atoms with Crippen LogP contribution in [-0.4, -0.2) is 32.8 Å². The van der Waals surface area contributed by atoms with Crippen LogP contribution in [0.4, 0.5) is 18.9 Å². The molecule has 0 saturated carbocycles. The second-order valence-electron chi connectivity index (χ2n) is 4.19. The molecule has 1 aromatic rings. The largest absolute Gasteiger partial charge is 0.441 e. The molecule has 2 N–H and O–H groups in total. The highest BCUT2D eigenvalue weighted by molar-refractivity contribution is 8.00. The standard InChI is InChI=1S/C11H13F3N2O2S2/c12-11(13,14)19-6-5-16-20(17,18)9-1-2-10-8(7-9)3-4-15-10/h1-2,7,15-16H,3-6H2. The van der Waals surface area contributed by atoms with Gasteiger partial charge in [0.2, 0.25) is 10.0 Å². The van der Waals surface area contributed by atoms with E-state index in [0.29, 0.717) is 0 Å². The molecule has 1 aliphatic rings. The lowest BCUT2D eigenvalue weighted by Crippen LogP contribution is -2.26. The summed E-state index contributed by atoms with van der Waals surface area (Å²) in [5, 5.41) is 3.10. The van der Waals surface area contributed by atoms with Crippen molar-refractivity contribution < 1.29 is 21.6 Å². The van der Waals surface area contributed by atoms with Gasteiger partial charge in [0.05, 0.1) is 4.90 Å². The molecule has 0 fully saturated rings. The second kappa shape index (κ2) is 5.82. The van der Waals surface area contributed by atoms with Crippen LogP contribution in [-0.2, 0) is 16.4 Å². The highest BCUT2D eigenvalue weighted by Crippen LogP contribution is 2.29. The van der Waals surface area contributed by atoms with Crippen LogP contribution in [0.5, 0.6) is 0 Å². The second-order valence-corrected chi connectivity index (χ2v) is 7.11. The van der Waals surface area contributed by atoms with Crippen LogP contribution in [0, 0.1) is 0 Å². The Bertz CT molecular complexity index is 588. The third kappa shape index (κ3) is 4.03. The van der Waals surface area contributed by atoms with Gasteiger partial charge in [-0.3, -0.25) is 0 Å². The number of anilines is 1. The van der Waals surface area contributed by atoms with Crippen LogP contribution in [0.1, 0.15) is 5.56 Å². The Kier molecular flexibility index (Phi) is 4.50. The van der Waals surface area contributed by atoms with E-state index in [1.165, 1.54) is 6.07 Å². The summed E-state index contributed by atoms with van der Waals surface area (Å²) in [6, 6.07) is 4.66. The fourth-order valence-electron chi connectivity index (χ4n) is 1.87. The molecule has 2 rings (SSSR count). The SMILES string of the molecule is O=S(=O)(NCCSC(F)(F)F)c1ccc2c(c1)CCN2. The first-order valence-electron chi connectivity index (χ1n) is 5.85. The minimum absolute atomic E-state index is 0.0805. The predicted molar refractivity (Wildman–Crippen MR) is 72.3 cm³/mol. The van der Waals surface area contributed by atoms with Crippen molar-refractivity contribution in [2.75, 3.05) is 24.2 Å². The Morgan fingerprint density at radius 2 is 2.10 bits per heavy atom. The van der Waals surface area contributed by atoms with E-state index in [9.17, 15) is 21.6 Å². The van der Waals surface area contributed by atoms with Crippen LogP contribution < -0.4 is 10.0 Å². The van der Waals surface area contributed by atoms with Gasteiger partial charge in [0.15, 0.2) is 0 Å². The van der Waals surface area contributed by atoms with Gasteiger partial charge >= 0.3 is 5.51 Å². The average Bonchev–Trinajstić information content (AvgIpc) is 2.80.